The molecule has 0 aromatic heterocycles. The Bertz CT molecular complexity index is 398. The van der Waals surface area contributed by atoms with E-state index in [9.17, 15) is 21.6 Å². The van der Waals surface area contributed by atoms with Crippen molar-refractivity contribution in [1.82, 2.24) is 14.3 Å². The van der Waals surface area contributed by atoms with Gasteiger partial charge in [-0.3, -0.25) is 0 Å². The van der Waals surface area contributed by atoms with Gasteiger partial charge >= 0.3 is 6.18 Å². The van der Waals surface area contributed by atoms with E-state index in [0.717, 1.165) is 19.3 Å². The number of nitrogens with zero attached hydrogens (tertiary/aromatic N) is 1. The molecule has 1 rings (SSSR count). The van der Waals surface area contributed by atoms with E-state index in [1.807, 2.05) is 0 Å². The molecule has 2 N–H and O–H groups in total. The van der Waals surface area contributed by atoms with Crippen molar-refractivity contribution in [2.45, 2.75) is 50.9 Å². The molecule has 0 saturated carbocycles. The van der Waals surface area contributed by atoms with Gasteiger partial charge in [-0.15, -0.1) is 0 Å². The van der Waals surface area contributed by atoms with Crippen LogP contribution in [0.5, 0.6) is 0 Å². The summed E-state index contributed by atoms with van der Waals surface area (Å²) >= 11 is 0. The number of halogens is 3. The molecule has 9 heteroatoms. The fraction of sp³-hybridized carbons (Fsp3) is 1.00. The molecule has 0 spiro atoms. The van der Waals surface area contributed by atoms with Crippen LogP contribution in [0.4, 0.5) is 13.2 Å². The standard InChI is InChI=1S/C11H22F3N3O2S/c1-9(7-11(12,13)14)16-20(18,19)17-6-4-3-5-10(17)8-15-2/h9-10,15-16H,3-8H2,1-2H3. The summed E-state index contributed by atoms with van der Waals surface area (Å²) in [6.07, 6.45) is -3.17. The molecule has 1 heterocycles. The number of nitrogens with one attached hydrogen (secondary N) is 2. The van der Waals surface area contributed by atoms with Crippen LogP contribution in [0.15, 0.2) is 0 Å². The lowest BCUT2D eigenvalue weighted by molar-refractivity contribution is -0.138. The number of piperidine rings is 1. The molecule has 0 bridgehead atoms. The second kappa shape index (κ2) is 7.06. The normalized spacial score (nSPS) is 23.8. The van der Waals surface area contributed by atoms with Gasteiger partial charge in [-0.2, -0.15) is 30.6 Å². The lowest BCUT2D eigenvalue weighted by atomic mass is 10.1. The van der Waals surface area contributed by atoms with E-state index >= 15 is 0 Å². The SMILES string of the molecule is CNCC1CCCCN1S(=O)(=O)NC(C)CC(F)(F)F. The van der Waals surface area contributed by atoms with Gasteiger partial charge in [-0.05, 0) is 26.8 Å². The van der Waals surface area contributed by atoms with Crippen molar-refractivity contribution in [2.75, 3.05) is 20.1 Å². The largest absolute Gasteiger partial charge is 0.390 e. The van der Waals surface area contributed by atoms with Gasteiger partial charge in [0.1, 0.15) is 0 Å². The minimum absolute atomic E-state index is 0.204. The van der Waals surface area contributed by atoms with Gasteiger partial charge in [0, 0.05) is 25.2 Å². The molecule has 1 aliphatic rings. The Hall–Kier alpha value is -0.380. The quantitative estimate of drug-likeness (QED) is 0.775. The molecule has 1 fully saturated rings. The van der Waals surface area contributed by atoms with E-state index in [2.05, 4.69) is 10.0 Å². The Morgan fingerprint density at radius 1 is 1.35 bits per heavy atom. The summed E-state index contributed by atoms with van der Waals surface area (Å²) < 4.78 is 64.6. The maximum Gasteiger partial charge on any atom is 0.390 e. The van der Waals surface area contributed by atoms with E-state index in [1.165, 1.54) is 11.2 Å². The zero-order valence-electron chi connectivity index (χ0n) is 11.7. The number of hydrogen-bond donors (Lipinski definition) is 2. The van der Waals surface area contributed by atoms with E-state index in [-0.39, 0.29) is 6.04 Å². The molecule has 0 aliphatic carbocycles. The fourth-order valence-corrected chi connectivity index (χ4v) is 4.11. The highest BCUT2D eigenvalue weighted by Crippen LogP contribution is 2.23. The molecule has 120 valence electrons. The van der Waals surface area contributed by atoms with Gasteiger partial charge in [0.2, 0.25) is 0 Å². The highest BCUT2D eigenvalue weighted by molar-refractivity contribution is 7.87. The molecule has 1 aliphatic heterocycles. The molecule has 0 radical (unpaired) electrons. The zero-order valence-corrected chi connectivity index (χ0v) is 12.5. The second-order valence-corrected chi connectivity index (χ2v) is 6.82. The van der Waals surface area contributed by atoms with Gasteiger partial charge < -0.3 is 5.32 Å². The van der Waals surface area contributed by atoms with Crippen molar-refractivity contribution in [3.63, 3.8) is 0 Å². The summed E-state index contributed by atoms with van der Waals surface area (Å²) in [7, 11) is -2.16. The number of rotatable bonds is 6. The van der Waals surface area contributed by atoms with Crippen molar-refractivity contribution in [1.29, 1.82) is 0 Å². The third-order valence-corrected chi connectivity index (χ3v) is 5.01. The maximum absolute atomic E-state index is 12.3. The van der Waals surface area contributed by atoms with Gasteiger partial charge in [-0.1, -0.05) is 6.42 Å². The summed E-state index contributed by atoms with van der Waals surface area (Å²) in [6.45, 7) is 2.07. The first-order valence-corrected chi connectivity index (χ1v) is 8.10. The Kier molecular flexibility index (Phi) is 6.24. The van der Waals surface area contributed by atoms with Crippen LogP contribution >= 0.6 is 0 Å². The first-order valence-electron chi connectivity index (χ1n) is 6.66. The molecule has 5 nitrogen and oxygen atoms in total. The van der Waals surface area contributed by atoms with Crippen LogP contribution in [0.25, 0.3) is 0 Å². The molecule has 0 amide bonds. The summed E-state index contributed by atoms with van der Waals surface area (Å²) in [5.74, 6) is 0. The predicted octanol–water partition coefficient (Wildman–Crippen LogP) is 1.24. The first kappa shape index (κ1) is 17.7. The smallest absolute Gasteiger partial charge is 0.318 e. The van der Waals surface area contributed by atoms with Crippen LogP contribution in [-0.2, 0) is 10.2 Å². The fourth-order valence-electron chi connectivity index (χ4n) is 2.44. The van der Waals surface area contributed by atoms with Gasteiger partial charge in [0.15, 0.2) is 0 Å². The van der Waals surface area contributed by atoms with Crippen LogP contribution in [0, 0.1) is 0 Å². The van der Waals surface area contributed by atoms with Gasteiger partial charge in [0.05, 0.1) is 6.42 Å². The molecule has 20 heavy (non-hydrogen) atoms. The Morgan fingerprint density at radius 3 is 2.55 bits per heavy atom. The molecular formula is C11H22F3N3O2S. The molecule has 2 unspecified atom stereocenters. The van der Waals surface area contributed by atoms with Crippen molar-refractivity contribution < 1.29 is 21.6 Å². The minimum atomic E-state index is -4.38. The Balaban J connectivity index is 2.70. The summed E-state index contributed by atoms with van der Waals surface area (Å²) in [4.78, 5) is 0. The third kappa shape index (κ3) is 5.55. The Morgan fingerprint density at radius 2 is 2.00 bits per heavy atom. The Labute approximate surface area is 118 Å². The lowest BCUT2D eigenvalue weighted by Gasteiger charge is -2.35. The van der Waals surface area contributed by atoms with Crippen molar-refractivity contribution in [3.05, 3.63) is 0 Å². The predicted molar refractivity (Wildman–Crippen MR) is 70.5 cm³/mol. The van der Waals surface area contributed by atoms with Gasteiger partial charge in [0.25, 0.3) is 10.2 Å². The minimum Gasteiger partial charge on any atom is -0.318 e. The highest BCUT2D eigenvalue weighted by Gasteiger charge is 2.36. The van der Waals surface area contributed by atoms with Crippen LogP contribution in [0.2, 0.25) is 0 Å². The number of alkyl halides is 3. The molecular weight excluding hydrogens is 295 g/mol. The monoisotopic (exact) mass is 317 g/mol. The maximum atomic E-state index is 12.3. The molecule has 0 aromatic carbocycles. The third-order valence-electron chi connectivity index (χ3n) is 3.21. The van der Waals surface area contributed by atoms with Crippen molar-refractivity contribution in [3.8, 4) is 0 Å². The first-order chi connectivity index (χ1) is 9.15. The van der Waals surface area contributed by atoms with Crippen LogP contribution in [-0.4, -0.2) is 51.1 Å². The summed E-state index contributed by atoms with van der Waals surface area (Å²) in [5, 5.41) is 2.92. The number of hydrogen-bond acceptors (Lipinski definition) is 3. The molecule has 1 saturated heterocycles. The van der Waals surface area contributed by atoms with Crippen LogP contribution < -0.4 is 10.0 Å². The van der Waals surface area contributed by atoms with Gasteiger partial charge in [-0.25, -0.2) is 0 Å². The van der Waals surface area contributed by atoms with Crippen LogP contribution in [0.3, 0.4) is 0 Å². The molecule has 0 aromatic rings. The average Bonchev–Trinajstić information content (AvgIpc) is 2.26. The topological polar surface area (TPSA) is 61.4 Å². The second-order valence-electron chi connectivity index (χ2n) is 5.16. The van der Waals surface area contributed by atoms with E-state index in [1.54, 1.807) is 7.05 Å². The summed E-state index contributed by atoms with van der Waals surface area (Å²) in [6, 6.07) is -1.37. The van der Waals surface area contributed by atoms with Crippen LogP contribution in [0.1, 0.15) is 32.6 Å². The lowest BCUT2D eigenvalue weighted by Crippen LogP contribution is -2.53. The van der Waals surface area contributed by atoms with E-state index < -0.39 is 28.8 Å². The zero-order chi connectivity index (χ0) is 15.4. The summed E-state index contributed by atoms with van der Waals surface area (Å²) in [5.41, 5.74) is 0. The van der Waals surface area contributed by atoms with Crippen molar-refractivity contribution in [2.24, 2.45) is 0 Å². The van der Waals surface area contributed by atoms with E-state index in [4.69, 9.17) is 0 Å². The van der Waals surface area contributed by atoms with E-state index in [0.29, 0.717) is 13.1 Å². The number of likely N-dealkylation sites (N-methyl/N-ethyl adjacent to an activating group) is 1. The molecule has 2 atom stereocenters. The van der Waals surface area contributed by atoms with Crippen molar-refractivity contribution >= 4 is 10.2 Å². The average molecular weight is 317 g/mol. The highest BCUT2D eigenvalue weighted by atomic mass is 32.2.